The van der Waals surface area contributed by atoms with Gasteiger partial charge in [0.2, 0.25) is 0 Å². The van der Waals surface area contributed by atoms with Gasteiger partial charge in [0.1, 0.15) is 7.85 Å². The monoisotopic (exact) mass is 112 g/mol. The van der Waals surface area contributed by atoms with Crippen molar-refractivity contribution in [3.8, 4) is 0 Å². The van der Waals surface area contributed by atoms with Crippen molar-refractivity contribution in [3.63, 3.8) is 0 Å². The molecule has 0 N–H and O–H groups in total. The zero-order chi connectivity index (χ0) is 5.98. The fourth-order valence-electron chi connectivity index (χ4n) is 1.19. The highest BCUT2D eigenvalue weighted by molar-refractivity contribution is 6.11. The summed E-state index contributed by atoms with van der Waals surface area (Å²) in [6.07, 6.45) is 4.30. The fourth-order valence-corrected chi connectivity index (χ4v) is 1.19. The maximum Gasteiger partial charge on any atom is 0.139 e. The zero-order valence-corrected chi connectivity index (χ0v) is 5.68. The molecule has 0 bridgehead atoms. The molecule has 2 heteroatoms. The number of hydrogen-bond donors (Lipinski definition) is 0. The van der Waals surface area contributed by atoms with Gasteiger partial charge in [0, 0.05) is 6.00 Å². The van der Waals surface area contributed by atoms with Gasteiger partial charge >= 0.3 is 0 Å². The summed E-state index contributed by atoms with van der Waals surface area (Å²) in [7, 11) is 2.15. The topological polar surface area (TPSA) is 9.23 Å². The van der Waals surface area contributed by atoms with Gasteiger partial charge in [0.25, 0.3) is 0 Å². The van der Waals surface area contributed by atoms with E-state index in [-0.39, 0.29) is 0 Å². The van der Waals surface area contributed by atoms with Crippen LogP contribution in [0.5, 0.6) is 0 Å². The molecule has 0 aromatic carbocycles. The van der Waals surface area contributed by atoms with Crippen LogP contribution in [0.25, 0.3) is 0 Å². The molecule has 1 fully saturated rings. The van der Waals surface area contributed by atoms with E-state index < -0.39 is 0 Å². The van der Waals surface area contributed by atoms with Crippen molar-refractivity contribution in [1.29, 1.82) is 0 Å². The van der Waals surface area contributed by atoms with E-state index in [0.717, 1.165) is 0 Å². The van der Waals surface area contributed by atoms with E-state index in [1.807, 2.05) is 0 Å². The Morgan fingerprint density at radius 3 is 2.62 bits per heavy atom. The lowest BCUT2D eigenvalue weighted by Crippen LogP contribution is -2.08. The molecule has 1 aliphatic rings. The Balaban J connectivity index is 2.22. The molecule has 0 aliphatic carbocycles. The first-order valence-corrected chi connectivity index (χ1v) is 3.48. The summed E-state index contributed by atoms with van der Waals surface area (Å²) in [6.45, 7) is 2.18. The molecule has 1 heterocycles. The van der Waals surface area contributed by atoms with Crippen LogP contribution in [0.15, 0.2) is 0 Å². The molecular weight excluding hydrogens is 98.9 g/mol. The molecule has 0 spiro atoms. The standard InChI is InChI=1S/C6H13BO/c1-2-5-3-4-6(7)8-5/h5-6H,2-4,7H2,1H3/t5-,6-/m1/s1. The molecule has 1 nitrogen and oxygen atoms in total. The van der Waals surface area contributed by atoms with E-state index >= 15 is 0 Å². The average Bonchev–Trinajstić information content (AvgIpc) is 2.14. The molecule has 0 amide bonds. The van der Waals surface area contributed by atoms with Crippen LogP contribution in [0.4, 0.5) is 0 Å². The smallest absolute Gasteiger partial charge is 0.139 e. The second kappa shape index (κ2) is 2.54. The second-order valence-corrected chi connectivity index (χ2v) is 2.55. The van der Waals surface area contributed by atoms with Crippen LogP contribution in [0.1, 0.15) is 26.2 Å². The lowest BCUT2D eigenvalue weighted by molar-refractivity contribution is 0.0857. The summed E-state index contributed by atoms with van der Waals surface area (Å²) >= 11 is 0. The van der Waals surface area contributed by atoms with Gasteiger partial charge < -0.3 is 4.74 Å². The molecular formula is C6H13BO. The first-order valence-electron chi connectivity index (χ1n) is 3.48. The summed E-state index contributed by atoms with van der Waals surface area (Å²) in [4.78, 5) is 0. The molecule has 1 aliphatic heterocycles. The Kier molecular flexibility index (Phi) is 1.95. The summed E-state index contributed by atoms with van der Waals surface area (Å²) in [5.41, 5.74) is 0. The maximum absolute atomic E-state index is 5.51. The third-order valence-electron chi connectivity index (χ3n) is 1.78. The van der Waals surface area contributed by atoms with E-state index in [4.69, 9.17) is 4.74 Å². The number of ether oxygens (including phenoxy) is 1. The van der Waals surface area contributed by atoms with Gasteiger partial charge in [-0.2, -0.15) is 0 Å². The van der Waals surface area contributed by atoms with Gasteiger partial charge in [-0.3, -0.25) is 0 Å². The van der Waals surface area contributed by atoms with Crippen molar-refractivity contribution in [2.24, 2.45) is 0 Å². The molecule has 0 radical (unpaired) electrons. The molecule has 0 aromatic heterocycles. The van der Waals surface area contributed by atoms with Crippen molar-refractivity contribution in [1.82, 2.24) is 0 Å². The minimum atomic E-state index is 0.528. The maximum atomic E-state index is 5.51. The largest absolute Gasteiger partial charge is 0.384 e. The lowest BCUT2D eigenvalue weighted by atomic mass is 9.97. The molecule has 1 saturated heterocycles. The van der Waals surface area contributed by atoms with Crippen LogP contribution in [0, 0.1) is 0 Å². The van der Waals surface area contributed by atoms with Crippen LogP contribution < -0.4 is 0 Å². The van der Waals surface area contributed by atoms with Gasteiger partial charge in [0.05, 0.1) is 6.10 Å². The minimum Gasteiger partial charge on any atom is -0.384 e. The van der Waals surface area contributed by atoms with Crippen molar-refractivity contribution in [2.75, 3.05) is 0 Å². The van der Waals surface area contributed by atoms with Crippen molar-refractivity contribution < 1.29 is 4.74 Å². The SMILES string of the molecule is B[C@H]1CC[C@@H](CC)O1. The highest BCUT2D eigenvalue weighted by Gasteiger charge is 2.18. The van der Waals surface area contributed by atoms with Crippen molar-refractivity contribution in [2.45, 2.75) is 38.3 Å². The van der Waals surface area contributed by atoms with E-state index in [0.29, 0.717) is 12.1 Å². The van der Waals surface area contributed by atoms with Gasteiger partial charge in [-0.05, 0) is 19.3 Å². The third-order valence-corrected chi connectivity index (χ3v) is 1.78. The summed E-state index contributed by atoms with van der Waals surface area (Å²) in [6, 6.07) is 0.528. The first-order chi connectivity index (χ1) is 3.83. The number of rotatable bonds is 1. The summed E-state index contributed by atoms with van der Waals surface area (Å²) in [5, 5.41) is 0. The lowest BCUT2D eigenvalue weighted by Gasteiger charge is -2.05. The van der Waals surface area contributed by atoms with Gasteiger partial charge in [0.15, 0.2) is 0 Å². The van der Waals surface area contributed by atoms with E-state index in [1.54, 1.807) is 0 Å². The summed E-state index contributed by atoms with van der Waals surface area (Å²) in [5.74, 6) is 0. The minimum absolute atomic E-state index is 0.528. The van der Waals surface area contributed by atoms with Crippen LogP contribution in [0.3, 0.4) is 0 Å². The Hall–Kier alpha value is 0.0249. The Morgan fingerprint density at radius 2 is 2.38 bits per heavy atom. The Bertz CT molecular complexity index is 74.9. The third kappa shape index (κ3) is 1.25. The van der Waals surface area contributed by atoms with Gasteiger partial charge in [-0.15, -0.1) is 0 Å². The van der Waals surface area contributed by atoms with Crippen LogP contribution in [-0.4, -0.2) is 20.0 Å². The Morgan fingerprint density at radius 1 is 1.62 bits per heavy atom. The van der Waals surface area contributed by atoms with Crippen LogP contribution in [-0.2, 0) is 4.74 Å². The van der Waals surface area contributed by atoms with Gasteiger partial charge in [-0.1, -0.05) is 6.92 Å². The molecule has 1 rings (SSSR count). The van der Waals surface area contributed by atoms with E-state index in [9.17, 15) is 0 Å². The van der Waals surface area contributed by atoms with Crippen LogP contribution in [0.2, 0.25) is 0 Å². The average molecular weight is 112 g/mol. The predicted octanol–water partition coefficient (Wildman–Crippen LogP) is 0.535. The molecule has 0 saturated carbocycles. The first kappa shape index (κ1) is 6.15. The quantitative estimate of drug-likeness (QED) is 0.449. The predicted molar refractivity (Wildman–Crippen MR) is 36.7 cm³/mol. The highest BCUT2D eigenvalue weighted by Crippen LogP contribution is 2.18. The number of hydrogen-bond acceptors (Lipinski definition) is 1. The van der Waals surface area contributed by atoms with Crippen LogP contribution >= 0.6 is 0 Å². The van der Waals surface area contributed by atoms with E-state index in [2.05, 4.69) is 14.8 Å². The fraction of sp³-hybridized carbons (Fsp3) is 1.00. The normalized spacial score (nSPS) is 38.1. The second-order valence-electron chi connectivity index (χ2n) is 2.55. The zero-order valence-electron chi connectivity index (χ0n) is 5.68. The van der Waals surface area contributed by atoms with Gasteiger partial charge in [-0.25, -0.2) is 0 Å². The molecule has 0 unspecified atom stereocenters. The molecule has 0 aromatic rings. The van der Waals surface area contributed by atoms with Crippen molar-refractivity contribution >= 4 is 7.85 Å². The highest BCUT2D eigenvalue weighted by atomic mass is 16.5. The molecule has 2 atom stereocenters. The molecule has 46 valence electrons. The molecule has 8 heavy (non-hydrogen) atoms. The Labute approximate surface area is 51.8 Å². The van der Waals surface area contributed by atoms with Crippen molar-refractivity contribution in [3.05, 3.63) is 0 Å². The van der Waals surface area contributed by atoms with E-state index in [1.165, 1.54) is 19.3 Å². The summed E-state index contributed by atoms with van der Waals surface area (Å²) < 4.78 is 5.51.